The lowest BCUT2D eigenvalue weighted by Crippen LogP contribution is -2.61. The summed E-state index contributed by atoms with van der Waals surface area (Å²) in [6.07, 6.45) is 5.97. The van der Waals surface area contributed by atoms with Gasteiger partial charge in [0.25, 0.3) is 0 Å². The van der Waals surface area contributed by atoms with Crippen LogP contribution < -0.4 is 11.3 Å². The molecule has 0 spiro atoms. The van der Waals surface area contributed by atoms with Crippen LogP contribution in [0.4, 0.5) is 0 Å². The van der Waals surface area contributed by atoms with Crippen LogP contribution in [0.15, 0.2) is 0 Å². The molecule has 0 heterocycles. The van der Waals surface area contributed by atoms with Gasteiger partial charge in [0.05, 0.1) is 6.04 Å². The van der Waals surface area contributed by atoms with E-state index in [1.54, 1.807) is 0 Å². The van der Waals surface area contributed by atoms with Gasteiger partial charge in [-0.25, -0.2) is 0 Å². The fraction of sp³-hybridized carbons (Fsp3) is 0.857. The van der Waals surface area contributed by atoms with E-state index in [0.29, 0.717) is 0 Å². The molecule has 0 aliphatic heterocycles. The van der Waals surface area contributed by atoms with Gasteiger partial charge in [-0.3, -0.25) is 16.2 Å². The predicted molar refractivity (Wildman–Crippen MR) is 73.3 cm³/mol. The molecule has 0 aromatic heterocycles. The Hall–Kier alpha value is -0.560. The van der Waals surface area contributed by atoms with Crippen molar-refractivity contribution in [1.82, 2.24) is 10.3 Å². The van der Waals surface area contributed by atoms with Crippen molar-refractivity contribution in [2.45, 2.75) is 64.5 Å². The summed E-state index contributed by atoms with van der Waals surface area (Å²) in [5, 5.41) is 0. The van der Waals surface area contributed by atoms with Crippen LogP contribution in [0.3, 0.4) is 0 Å². The van der Waals surface area contributed by atoms with E-state index >= 15 is 0 Å². The Balaban J connectivity index is 2.89. The summed E-state index contributed by atoms with van der Waals surface area (Å²) in [4.78, 5) is 2.57. The molecule has 0 aromatic rings. The quantitative estimate of drug-likeness (QED) is 0.421. The Morgan fingerprint density at radius 2 is 1.88 bits per heavy atom. The molecule has 1 saturated carbocycles. The highest BCUT2D eigenvalue weighted by Crippen LogP contribution is 2.38. The zero-order valence-corrected chi connectivity index (χ0v) is 11.6. The van der Waals surface area contributed by atoms with E-state index in [1.807, 2.05) is 6.92 Å². The summed E-state index contributed by atoms with van der Waals surface area (Å²) in [5.41, 5.74) is 3.25. The molecule has 1 aliphatic carbocycles. The molecule has 0 amide bonds. The van der Waals surface area contributed by atoms with Crippen molar-refractivity contribution in [3.63, 3.8) is 0 Å². The Kier molecular flexibility index (Phi) is 5.97. The van der Waals surface area contributed by atoms with Crippen molar-refractivity contribution in [2.75, 3.05) is 13.1 Å². The molecule has 0 bridgehead atoms. The standard InChI is InChI=1S/C14H27N3/c1-4-7-10-13(16-15)14(11-8-9-12-14)17(5-2)6-3/h13,16H,5-6,8-12,15H2,1-3H3. The third-order valence-electron chi connectivity index (χ3n) is 4.20. The molecule has 3 N–H and O–H groups in total. The minimum absolute atomic E-state index is 0.224. The number of nitrogens with one attached hydrogen (secondary N) is 1. The molecule has 98 valence electrons. The molecular formula is C14H27N3. The van der Waals surface area contributed by atoms with Crippen LogP contribution >= 0.6 is 0 Å². The first kappa shape index (κ1) is 14.5. The molecular weight excluding hydrogens is 210 g/mol. The normalized spacial score (nSPS) is 20.1. The lowest BCUT2D eigenvalue weighted by molar-refractivity contribution is 0.0647. The summed E-state index contributed by atoms with van der Waals surface area (Å²) in [6, 6.07) is 0.289. The zero-order valence-electron chi connectivity index (χ0n) is 11.6. The number of hydrogen-bond donors (Lipinski definition) is 2. The van der Waals surface area contributed by atoms with Crippen LogP contribution in [0.25, 0.3) is 0 Å². The van der Waals surface area contributed by atoms with Crippen LogP contribution in [0, 0.1) is 11.8 Å². The molecule has 1 fully saturated rings. The van der Waals surface area contributed by atoms with E-state index in [2.05, 4.69) is 36.0 Å². The Labute approximate surface area is 106 Å². The number of nitrogens with two attached hydrogens (primary N) is 1. The van der Waals surface area contributed by atoms with E-state index in [9.17, 15) is 0 Å². The first-order valence-corrected chi connectivity index (χ1v) is 6.86. The van der Waals surface area contributed by atoms with Gasteiger partial charge in [0.2, 0.25) is 0 Å². The van der Waals surface area contributed by atoms with E-state index < -0.39 is 0 Å². The third-order valence-corrected chi connectivity index (χ3v) is 4.20. The number of hydrazine groups is 1. The number of hydrogen-bond acceptors (Lipinski definition) is 3. The fourth-order valence-corrected chi connectivity index (χ4v) is 3.33. The molecule has 1 aliphatic rings. The van der Waals surface area contributed by atoms with Crippen molar-refractivity contribution < 1.29 is 0 Å². The fourth-order valence-electron chi connectivity index (χ4n) is 3.33. The smallest absolute Gasteiger partial charge is 0.0503 e. The van der Waals surface area contributed by atoms with Crippen LogP contribution in [-0.2, 0) is 0 Å². The second-order valence-electron chi connectivity index (χ2n) is 4.83. The molecule has 1 rings (SSSR count). The molecule has 0 saturated heterocycles. The number of rotatable bonds is 6. The molecule has 3 heteroatoms. The van der Waals surface area contributed by atoms with Gasteiger partial charge in [-0.15, -0.1) is 11.8 Å². The minimum Gasteiger partial charge on any atom is -0.297 e. The van der Waals surface area contributed by atoms with E-state index in [1.165, 1.54) is 25.7 Å². The molecule has 1 atom stereocenters. The second kappa shape index (κ2) is 7.00. The Bertz CT molecular complexity index is 267. The molecule has 0 radical (unpaired) electrons. The Morgan fingerprint density at radius 1 is 1.29 bits per heavy atom. The maximum absolute atomic E-state index is 5.78. The number of likely N-dealkylation sites (N-methyl/N-ethyl adjacent to an activating group) is 1. The minimum atomic E-state index is 0.224. The van der Waals surface area contributed by atoms with Gasteiger partial charge in [0, 0.05) is 12.0 Å². The van der Waals surface area contributed by atoms with Crippen LogP contribution in [0.1, 0.15) is 52.9 Å². The highest BCUT2D eigenvalue weighted by molar-refractivity contribution is 5.08. The zero-order chi connectivity index (χ0) is 12.7. The predicted octanol–water partition coefficient (Wildman–Crippen LogP) is 1.89. The Morgan fingerprint density at radius 3 is 2.29 bits per heavy atom. The van der Waals surface area contributed by atoms with Crippen molar-refractivity contribution in [3.8, 4) is 11.8 Å². The number of nitrogens with zero attached hydrogens (tertiary/aromatic N) is 1. The van der Waals surface area contributed by atoms with Crippen molar-refractivity contribution >= 4 is 0 Å². The lowest BCUT2D eigenvalue weighted by Gasteiger charge is -2.45. The molecule has 1 unspecified atom stereocenters. The average molecular weight is 237 g/mol. The van der Waals surface area contributed by atoms with Gasteiger partial charge >= 0.3 is 0 Å². The van der Waals surface area contributed by atoms with Crippen molar-refractivity contribution in [1.29, 1.82) is 0 Å². The van der Waals surface area contributed by atoms with Gasteiger partial charge in [-0.05, 0) is 32.9 Å². The first-order chi connectivity index (χ1) is 8.25. The van der Waals surface area contributed by atoms with E-state index in [0.717, 1.165) is 19.5 Å². The van der Waals surface area contributed by atoms with Gasteiger partial charge in [0.15, 0.2) is 0 Å². The third kappa shape index (κ3) is 3.01. The van der Waals surface area contributed by atoms with Crippen LogP contribution in [-0.4, -0.2) is 29.6 Å². The summed E-state index contributed by atoms with van der Waals surface area (Å²) < 4.78 is 0. The van der Waals surface area contributed by atoms with Gasteiger partial charge in [-0.2, -0.15) is 0 Å². The maximum Gasteiger partial charge on any atom is 0.0503 e. The first-order valence-electron chi connectivity index (χ1n) is 6.86. The summed E-state index contributed by atoms with van der Waals surface area (Å²) in [5.74, 6) is 12.0. The monoisotopic (exact) mass is 237 g/mol. The summed E-state index contributed by atoms with van der Waals surface area (Å²) in [7, 11) is 0. The molecule has 0 aromatic carbocycles. The van der Waals surface area contributed by atoms with Gasteiger partial charge < -0.3 is 0 Å². The second-order valence-corrected chi connectivity index (χ2v) is 4.83. The topological polar surface area (TPSA) is 41.3 Å². The average Bonchev–Trinajstić information content (AvgIpc) is 2.82. The summed E-state index contributed by atoms with van der Waals surface area (Å²) >= 11 is 0. The highest BCUT2D eigenvalue weighted by Gasteiger charge is 2.44. The largest absolute Gasteiger partial charge is 0.297 e. The van der Waals surface area contributed by atoms with Crippen LogP contribution in [0.2, 0.25) is 0 Å². The highest BCUT2D eigenvalue weighted by atomic mass is 15.3. The van der Waals surface area contributed by atoms with Gasteiger partial charge in [0.1, 0.15) is 0 Å². The van der Waals surface area contributed by atoms with Crippen molar-refractivity contribution in [3.05, 3.63) is 0 Å². The maximum atomic E-state index is 5.78. The molecule has 3 nitrogen and oxygen atoms in total. The van der Waals surface area contributed by atoms with E-state index in [4.69, 9.17) is 5.84 Å². The molecule has 17 heavy (non-hydrogen) atoms. The summed E-state index contributed by atoms with van der Waals surface area (Å²) in [6.45, 7) is 8.56. The lowest BCUT2D eigenvalue weighted by atomic mass is 9.84. The van der Waals surface area contributed by atoms with E-state index in [-0.39, 0.29) is 11.6 Å². The van der Waals surface area contributed by atoms with Crippen molar-refractivity contribution in [2.24, 2.45) is 5.84 Å². The van der Waals surface area contributed by atoms with Crippen LogP contribution in [0.5, 0.6) is 0 Å². The van der Waals surface area contributed by atoms with Gasteiger partial charge in [-0.1, -0.05) is 26.7 Å². The SMILES string of the molecule is CC#CCC(NN)C1(N(CC)CC)CCCC1.